The third kappa shape index (κ3) is 3.24. The lowest BCUT2D eigenvalue weighted by Gasteiger charge is -2.06. The molecule has 2 rings (SSSR count). The summed E-state index contributed by atoms with van der Waals surface area (Å²) < 4.78 is 13.0. The predicted molar refractivity (Wildman–Crippen MR) is 73.9 cm³/mol. The molecular formula is C13H12FN3S. The zero-order valence-electron chi connectivity index (χ0n) is 9.56. The number of nitrogens with one attached hydrogen (secondary N) is 1. The van der Waals surface area contributed by atoms with E-state index in [1.807, 2.05) is 12.1 Å². The normalized spacial score (nSPS) is 10.1. The molecule has 1 aromatic carbocycles. The molecule has 3 N–H and O–H groups in total. The van der Waals surface area contributed by atoms with Crippen LogP contribution in [0.1, 0.15) is 11.3 Å². The van der Waals surface area contributed by atoms with Crippen molar-refractivity contribution in [3.05, 3.63) is 59.7 Å². The van der Waals surface area contributed by atoms with E-state index in [9.17, 15) is 4.39 Å². The summed E-state index contributed by atoms with van der Waals surface area (Å²) in [6.07, 6.45) is 1.65. The summed E-state index contributed by atoms with van der Waals surface area (Å²) in [4.78, 5) is 4.38. The average Bonchev–Trinajstić information content (AvgIpc) is 2.37. The summed E-state index contributed by atoms with van der Waals surface area (Å²) in [7, 11) is 0. The van der Waals surface area contributed by atoms with Crippen molar-refractivity contribution < 1.29 is 4.39 Å². The van der Waals surface area contributed by atoms with Crippen molar-refractivity contribution in [2.24, 2.45) is 5.73 Å². The Morgan fingerprint density at radius 2 is 2.17 bits per heavy atom. The van der Waals surface area contributed by atoms with E-state index in [1.165, 1.54) is 12.1 Å². The molecule has 0 saturated heterocycles. The van der Waals surface area contributed by atoms with E-state index in [0.717, 1.165) is 11.3 Å². The van der Waals surface area contributed by atoms with Crippen molar-refractivity contribution in [2.75, 3.05) is 5.32 Å². The van der Waals surface area contributed by atoms with Gasteiger partial charge in [-0.1, -0.05) is 24.4 Å². The number of rotatable bonds is 4. The molecule has 3 nitrogen and oxygen atoms in total. The van der Waals surface area contributed by atoms with Gasteiger partial charge in [-0.25, -0.2) is 4.39 Å². The fraction of sp³-hybridized carbons (Fsp3) is 0.0769. The number of hydrogen-bond acceptors (Lipinski definition) is 3. The molecule has 0 saturated carbocycles. The van der Waals surface area contributed by atoms with Gasteiger partial charge in [0.05, 0.1) is 17.6 Å². The van der Waals surface area contributed by atoms with E-state index in [1.54, 1.807) is 18.3 Å². The fourth-order valence-electron chi connectivity index (χ4n) is 1.50. The van der Waals surface area contributed by atoms with Gasteiger partial charge in [0.15, 0.2) is 0 Å². The summed E-state index contributed by atoms with van der Waals surface area (Å²) in [6, 6.07) is 10.0. The molecule has 0 atom stereocenters. The molecule has 2 aromatic rings. The number of aromatic nitrogens is 1. The molecule has 0 fully saturated rings. The van der Waals surface area contributed by atoms with Gasteiger partial charge < -0.3 is 11.1 Å². The molecule has 1 aromatic heterocycles. The first-order valence-electron chi connectivity index (χ1n) is 5.39. The summed E-state index contributed by atoms with van der Waals surface area (Å²) in [5.74, 6) is -0.240. The largest absolute Gasteiger partial charge is 0.388 e. The van der Waals surface area contributed by atoms with Gasteiger partial charge >= 0.3 is 0 Å². The highest BCUT2D eigenvalue weighted by atomic mass is 32.1. The zero-order chi connectivity index (χ0) is 13.0. The average molecular weight is 261 g/mol. The smallest absolute Gasteiger partial charge is 0.123 e. The number of pyridine rings is 1. The van der Waals surface area contributed by atoms with Gasteiger partial charge in [-0.3, -0.25) is 4.98 Å². The highest BCUT2D eigenvalue weighted by Crippen LogP contribution is 2.09. The quantitative estimate of drug-likeness (QED) is 0.830. The Balaban J connectivity index is 2.00. The first-order chi connectivity index (χ1) is 8.65. The Labute approximate surface area is 110 Å². The van der Waals surface area contributed by atoms with Crippen LogP contribution >= 0.6 is 12.2 Å². The minimum Gasteiger partial charge on any atom is -0.388 e. The van der Waals surface area contributed by atoms with E-state index in [0.29, 0.717) is 12.2 Å². The van der Waals surface area contributed by atoms with Crippen LogP contribution in [0.3, 0.4) is 0 Å². The van der Waals surface area contributed by atoms with E-state index in [-0.39, 0.29) is 10.8 Å². The lowest BCUT2D eigenvalue weighted by molar-refractivity contribution is 0.626. The lowest BCUT2D eigenvalue weighted by Crippen LogP contribution is -2.11. The van der Waals surface area contributed by atoms with Crippen LogP contribution in [0, 0.1) is 5.82 Å². The molecule has 0 bridgehead atoms. The van der Waals surface area contributed by atoms with Crippen LogP contribution in [0.15, 0.2) is 42.6 Å². The summed E-state index contributed by atoms with van der Waals surface area (Å²) >= 11 is 4.81. The van der Waals surface area contributed by atoms with Gasteiger partial charge in [0.25, 0.3) is 0 Å². The van der Waals surface area contributed by atoms with Crippen LogP contribution in [0.5, 0.6) is 0 Å². The van der Waals surface area contributed by atoms with Crippen molar-refractivity contribution in [1.82, 2.24) is 4.98 Å². The van der Waals surface area contributed by atoms with Gasteiger partial charge in [-0.2, -0.15) is 0 Å². The number of hydrogen-bond donors (Lipinski definition) is 2. The van der Waals surface area contributed by atoms with E-state index in [4.69, 9.17) is 18.0 Å². The second kappa shape index (κ2) is 5.55. The van der Waals surface area contributed by atoms with Crippen LogP contribution in [0.2, 0.25) is 0 Å². The van der Waals surface area contributed by atoms with Crippen molar-refractivity contribution in [1.29, 1.82) is 0 Å². The Kier molecular flexibility index (Phi) is 3.84. The maximum atomic E-state index is 13.0. The molecule has 92 valence electrons. The van der Waals surface area contributed by atoms with Gasteiger partial charge in [0.1, 0.15) is 10.8 Å². The molecule has 0 spiro atoms. The molecule has 18 heavy (non-hydrogen) atoms. The molecule has 0 aliphatic carbocycles. The number of thiocarbonyl (C=S) groups is 1. The third-order valence-electron chi connectivity index (χ3n) is 2.40. The van der Waals surface area contributed by atoms with Crippen LogP contribution in [-0.2, 0) is 6.54 Å². The maximum absolute atomic E-state index is 13.0. The summed E-state index contributed by atoms with van der Waals surface area (Å²) in [5, 5.41) is 3.14. The molecule has 0 aliphatic heterocycles. The number of benzene rings is 1. The van der Waals surface area contributed by atoms with Crippen molar-refractivity contribution in [3.63, 3.8) is 0 Å². The maximum Gasteiger partial charge on any atom is 0.123 e. The number of anilines is 1. The first-order valence-corrected chi connectivity index (χ1v) is 5.80. The Morgan fingerprint density at radius 3 is 2.78 bits per heavy atom. The minimum absolute atomic E-state index is 0.240. The highest BCUT2D eigenvalue weighted by Gasteiger charge is 1.99. The van der Waals surface area contributed by atoms with Gasteiger partial charge in [0, 0.05) is 6.54 Å². The van der Waals surface area contributed by atoms with Gasteiger partial charge in [-0.15, -0.1) is 0 Å². The summed E-state index contributed by atoms with van der Waals surface area (Å²) in [5.41, 5.74) is 7.74. The molecule has 0 unspecified atom stereocenters. The second-order valence-electron chi connectivity index (χ2n) is 3.78. The predicted octanol–water partition coefficient (Wildman–Crippen LogP) is 2.47. The van der Waals surface area contributed by atoms with Crippen LogP contribution in [-0.4, -0.2) is 9.97 Å². The topological polar surface area (TPSA) is 50.9 Å². The van der Waals surface area contributed by atoms with Gasteiger partial charge in [-0.05, 0) is 29.8 Å². The standard InChI is InChI=1S/C13H12FN3S/c14-10-3-1-2-9(6-10)7-16-11-4-5-12(13(15)18)17-8-11/h1-6,8,16H,7H2,(H2,15,18). The monoisotopic (exact) mass is 261 g/mol. The minimum atomic E-state index is -0.240. The van der Waals surface area contributed by atoms with Crippen molar-refractivity contribution in [2.45, 2.75) is 6.54 Å². The molecule has 0 radical (unpaired) electrons. The van der Waals surface area contributed by atoms with Crippen LogP contribution in [0.4, 0.5) is 10.1 Å². The highest BCUT2D eigenvalue weighted by molar-refractivity contribution is 7.80. The van der Waals surface area contributed by atoms with E-state index < -0.39 is 0 Å². The van der Waals surface area contributed by atoms with Crippen molar-refractivity contribution in [3.8, 4) is 0 Å². The zero-order valence-corrected chi connectivity index (χ0v) is 10.4. The molecule has 5 heteroatoms. The molecular weight excluding hydrogens is 249 g/mol. The Bertz CT molecular complexity index is 554. The Morgan fingerprint density at radius 1 is 1.33 bits per heavy atom. The first kappa shape index (κ1) is 12.4. The van der Waals surface area contributed by atoms with E-state index >= 15 is 0 Å². The van der Waals surface area contributed by atoms with Gasteiger partial charge in [0.2, 0.25) is 0 Å². The van der Waals surface area contributed by atoms with Crippen LogP contribution < -0.4 is 11.1 Å². The number of halogens is 1. The van der Waals surface area contributed by atoms with Crippen LogP contribution in [0.25, 0.3) is 0 Å². The second-order valence-corrected chi connectivity index (χ2v) is 4.22. The summed E-state index contributed by atoms with van der Waals surface area (Å²) in [6.45, 7) is 0.534. The number of nitrogens with two attached hydrogens (primary N) is 1. The number of nitrogens with zero attached hydrogens (tertiary/aromatic N) is 1. The Hall–Kier alpha value is -2.01. The third-order valence-corrected chi connectivity index (χ3v) is 2.61. The van der Waals surface area contributed by atoms with Crippen molar-refractivity contribution >= 4 is 22.9 Å². The molecule has 0 amide bonds. The molecule has 1 heterocycles. The SMILES string of the molecule is NC(=S)c1ccc(NCc2cccc(F)c2)cn1. The molecule has 0 aliphatic rings. The fourth-order valence-corrected chi connectivity index (χ4v) is 1.62. The lowest BCUT2D eigenvalue weighted by atomic mass is 10.2. The van der Waals surface area contributed by atoms with E-state index in [2.05, 4.69) is 10.3 Å².